The molecular weight excluding hydrogens is 348 g/mol. The van der Waals surface area contributed by atoms with E-state index >= 15 is 0 Å². The van der Waals surface area contributed by atoms with Gasteiger partial charge in [-0.15, -0.1) is 0 Å². The van der Waals surface area contributed by atoms with E-state index in [1.54, 1.807) is 0 Å². The molecule has 0 spiro atoms. The van der Waals surface area contributed by atoms with Gasteiger partial charge in [-0.05, 0) is 43.1 Å². The van der Waals surface area contributed by atoms with Crippen LogP contribution in [0.5, 0.6) is 5.75 Å². The Kier molecular flexibility index (Phi) is 6.12. The van der Waals surface area contributed by atoms with E-state index in [4.69, 9.17) is 10.5 Å². The second kappa shape index (κ2) is 9.11. The van der Waals surface area contributed by atoms with Crippen LogP contribution in [0.2, 0.25) is 0 Å². The lowest BCUT2D eigenvalue weighted by Crippen LogP contribution is -2.37. The third-order valence-electron chi connectivity index (χ3n) is 5.59. The summed E-state index contributed by atoms with van der Waals surface area (Å²) in [6.07, 6.45) is 4.92. The Morgan fingerprint density at radius 3 is 2.61 bits per heavy atom. The Morgan fingerprint density at radius 1 is 1.04 bits per heavy atom. The maximum Gasteiger partial charge on any atom is 0.189 e. The van der Waals surface area contributed by atoms with Crippen molar-refractivity contribution in [2.45, 2.75) is 44.8 Å². The first kappa shape index (κ1) is 18.8. The van der Waals surface area contributed by atoms with Crippen LogP contribution in [0.25, 0.3) is 0 Å². The normalized spacial score (nSPS) is 20.3. The Morgan fingerprint density at radius 2 is 1.79 bits per heavy atom. The maximum absolute atomic E-state index is 6.15. The molecule has 2 aliphatic rings. The fourth-order valence-corrected chi connectivity index (χ4v) is 4.02. The van der Waals surface area contributed by atoms with Gasteiger partial charge < -0.3 is 15.8 Å². The summed E-state index contributed by atoms with van der Waals surface area (Å²) in [6, 6.07) is 17.0. The molecule has 2 aromatic carbocycles. The molecule has 1 unspecified atom stereocenters. The van der Waals surface area contributed by atoms with Crippen molar-refractivity contribution in [1.82, 2.24) is 10.2 Å². The lowest BCUT2D eigenvalue weighted by atomic mass is 10.0. The fraction of sp³-hybridized carbons (Fsp3) is 0.435. The molecule has 0 aromatic heterocycles. The summed E-state index contributed by atoms with van der Waals surface area (Å²) in [5.41, 5.74) is 9.86. The van der Waals surface area contributed by atoms with E-state index in [0.29, 0.717) is 19.1 Å². The number of nitrogens with one attached hydrogen (secondary N) is 1. The molecular formula is C23H30N4O. The molecule has 5 nitrogen and oxygen atoms in total. The van der Waals surface area contributed by atoms with Gasteiger partial charge >= 0.3 is 0 Å². The average Bonchev–Trinajstić information content (AvgIpc) is 2.74. The van der Waals surface area contributed by atoms with Gasteiger partial charge in [0.2, 0.25) is 0 Å². The fourth-order valence-electron chi connectivity index (χ4n) is 4.02. The Labute approximate surface area is 167 Å². The third kappa shape index (κ3) is 4.84. The van der Waals surface area contributed by atoms with Gasteiger partial charge in [0.25, 0.3) is 0 Å². The molecule has 2 aromatic rings. The van der Waals surface area contributed by atoms with Crippen molar-refractivity contribution in [2.24, 2.45) is 10.7 Å². The van der Waals surface area contributed by atoms with Crippen LogP contribution in [0.4, 0.5) is 0 Å². The minimum absolute atomic E-state index is 0.153. The van der Waals surface area contributed by atoms with Gasteiger partial charge in [0.15, 0.2) is 5.96 Å². The van der Waals surface area contributed by atoms with Gasteiger partial charge in [0.05, 0.1) is 19.2 Å². The van der Waals surface area contributed by atoms with E-state index in [0.717, 1.165) is 24.3 Å². The van der Waals surface area contributed by atoms with Crippen LogP contribution in [0, 0.1) is 0 Å². The number of rotatable bonds is 5. The molecule has 0 bridgehead atoms. The quantitative estimate of drug-likeness (QED) is 0.616. The summed E-state index contributed by atoms with van der Waals surface area (Å²) in [7, 11) is 0. The van der Waals surface area contributed by atoms with Crippen molar-refractivity contribution in [3.05, 3.63) is 65.2 Å². The topological polar surface area (TPSA) is 62.9 Å². The van der Waals surface area contributed by atoms with Crippen LogP contribution in [-0.2, 0) is 13.1 Å². The number of hydrogen-bond donors (Lipinski definition) is 2. The number of benzene rings is 2. The molecule has 0 radical (unpaired) electrons. The maximum atomic E-state index is 6.15. The molecule has 148 valence electrons. The SMILES string of the molecule is NC(=NCc1ccc(CN2CCCCC2)cc1)NC1CCOc2ccccc21. The summed E-state index contributed by atoms with van der Waals surface area (Å²) in [4.78, 5) is 7.08. The van der Waals surface area contributed by atoms with E-state index in [9.17, 15) is 0 Å². The van der Waals surface area contributed by atoms with Crippen LogP contribution in [0.3, 0.4) is 0 Å². The highest BCUT2D eigenvalue weighted by molar-refractivity contribution is 5.78. The molecule has 0 saturated carbocycles. The van der Waals surface area contributed by atoms with Gasteiger partial charge in [0, 0.05) is 18.5 Å². The zero-order valence-corrected chi connectivity index (χ0v) is 16.4. The lowest BCUT2D eigenvalue weighted by Gasteiger charge is -2.27. The molecule has 3 N–H and O–H groups in total. The van der Waals surface area contributed by atoms with E-state index in [1.807, 2.05) is 18.2 Å². The molecule has 5 heteroatoms. The molecule has 0 amide bonds. The van der Waals surface area contributed by atoms with Gasteiger partial charge in [-0.25, -0.2) is 4.99 Å². The molecule has 28 heavy (non-hydrogen) atoms. The first-order valence-corrected chi connectivity index (χ1v) is 10.4. The minimum Gasteiger partial charge on any atom is -0.493 e. The molecule has 1 fully saturated rings. The average molecular weight is 379 g/mol. The number of fused-ring (bicyclic) bond motifs is 1. The molecule has 0 aliphatic carbocycles. The molecule has 4 rings (SSSR count). The highest BCUT2D eigenvalue weighted by Gasteiger charge is 2.21. The summed E-state index contributed by atoms with van der Waals surface area (Å²) >= 11 is 0. The van der Waals surface area contributed by atoms with E-state index in [1.165, 1.54) is 43.5 Å². The Balaban J connectivity index is 1.31. The van der Waals surface area contributed by atoms with E-state index < -0.39 is 0 Å². The molecule has 1 saturated heterocycles. The number of nitrogens with zero attached hydrogens (tertiary/aromatic N) is 2. The van der Waals surface area contributed by atoms with Crippen molar-refractivity contribution in [2.75, 3.05) is 19.7 Å². The van der Waals surface area contributed by atoms with Crippen molar-refractivity contribution in [3.8, 4) is 5.75 Å². The molecule has 1 atom stereocenters. The number of likely N-dealkylation sites (tertiary alicyclic amines) is 1. The number of hydrogen-bond acceptors (Lipinski definition) is 3. The summed E-state index contributed by atoms with van der Waals surface area (Å²) < 4.78 is 5.71. The minimum atomic E-state index is 0.153. The predicted octanol–water partition coefficient (Wildman–Crippen LogP) is 3.60. The summed E-state index contributed by atoms with van der Waals surface area (Å²) in [5.74, 6) is 1.42. The largest absolute Gasteiger partial charge is 0.493 e. The Bertz CT molecular complexity index is 797. The Hall–Kier alpha value is -2.53. The highest BCUT2D eigenvalue weighted by Crippen LogP contribution is 2.31. The number of ether oxygens (including phenoxy) is 1. The van der Waals surface area contributed by atoms with Gasteiger partial charge in [0.1, 0.15) is 5.75 Å². The third-order valence-corrected chi connectivity index (χ3v) is 5.59. The lowest BCUT2D eigenvalue weighted by molar-refractivity contribution is 0.221. The first-order chi connectivity index (χ1) is 13.8. The number of piperidine rings is 1. The number of para-hydroxylation sites is 1. The second-order valence-electron chi connectivity index (χ2n) is 7.73. The van der Waals surface area contributed by atoms with Crippen LogP contribution in [-0.4, -0.2) is 30.6 Å². The zero-order chi connectivity index (χ0) is 19.2. The summed E-state index contributed by atoms with van der Waals surface area (Å²) in [6.45, 7) is 4.79. The van der Waals surface area contributed by atoms with Crippen molar-refractivity contribution >= 4 is 5.96 Å². The molecule has 2 heterocycles. The van der Waals surface area contributed by atoms with Crippen LogP contribution in [0.15, 0.2) is 53.5 Å². The first-order valence-electron chi connectivity index (χ1n) is 10.4. The standard InChI is InChI=1S/C23H30N4O/c24-23(26-21-12-15-28-22-7-3-2-6-20(21)22)25-16-18-8-10-19(11-9-18)17-27-13-4-1-5-14-27/h2-3,6-11,21H,1,4-5,12-17H2,(H3,24,25,26). The molecule has 2 aliphatic heterocycles. The number of nitrogens with two attached hydrogens (primary N) is 1. The number of aliphatic imine (C=N–C) groups is 1. The second-order valence-corrected chi connectivity index (χ2v) is 7.73. The van der Waals surface area contributed by atoms with Gasteiger partial charge in [-0.3, -0.25) is 4.90 Å². The zero-order valence-electron chi connectivity index (χ0n) is 16.4. The van der Waals surface area contributed by atoms with Crippen LogP contribution < -0.4 is 15.8 Å². The van der Waals surface area contributed by atoms with Crippen LogP contribution in [0.1, 0.15) is 48.4 Å². The summed E-state index contributed by atoms with van der Waals surface area (Å²) in [5, 5.41) is 3.35. The van der Waals surface area contributed by atoms with E-state index in [2.05, 4.69) is 45.5 Å². The number of guanidine groups is 1. The monoisotopic (exact) mass is 378 g/mol. The van der Waals surface area contributed by atoms with Gasteiger partial charge in [-0.2, -0.15) is 0 Å². The van der Waals surface area contributed by atoms with Crippen molar-refractivity contribution in [1.29, 1.82) is 0 Å². The van der Waals surface area contributed by atoms with Gasteiger partial charge in [-0.1, -0.05) is 48.9 Å². The van der Waals surface area contributed by atoms with Crippen molar-refractivity contribution < 1.29 is 4.74 Å². The highest BCUT2D eigenvalue weighted by atomic mass is 16.5. The predicted molar refractivity (Wildman–Crippen MR) is 113 cm³/mol. The van der Waals surface area contributed by atoms with Crippen molar-refractivity contribution in [3.63, 3.8) is 0 Å². The smallest absolute Gasteiger partial charge is 0.189 e. The van der Waals surface area contributed by atoms with Crippen LogP contribution >= 0.6 is 0 Å². The van der Waals surface area contributed by atoms with E-state index in [-0.39, 0.29) is 6.04 Å².